The number of nitrogens with one attached hydrogen (secondary N) is 1. The molecule has 0 aromatic rings. The van der Waals surface area contributed by atoms with Crippen molar-refractivity contribution in [3.05, 3.63) is 11.6 Å². The Balaban J connectivity index is 2.55. The van der Waals surface area contributed by atoms with Gasteiger partial charge in [0.1, 0.15) is 0 Å². The molecule has 1 rings (SSSR count). The summed E-state index contributed by atoms with van der Waals surface area (Å²) in [6, 6.07) is 0. The van der Waals surface area contributed by atoms with Crippen LogP contribution in [0.3, 0.4) is 0 Å². The molecule has 1 fully saturated rings. The second-order valence-electron chi connectivity index (χ2n) is 7.52. The lowest BCUT2D eigenvalue weighted by molar-refractivity contribution is 0.328. The second-order valence-corrected chi connectivity index (χ2v) is 7.52. The molecule has 0 heterocycles. The van der Waals surface area contributed by atoms with Crippen LogP contribution in [0.5, 0.6) is 0 Å². The molecule has 1 N–H and O–H groups in total. The van der Waals surface area contributed by atoms with Gasteiger partial charge in [0.05, 0.1) is 0 Å². The fraction of sp³-hybridized carbons (Fsp3) is 0.882. The van der Waals surface area contributed by atoms with Gasteiger partial charge in [-0.25, -0.2) is 0 Å². The molecule has 1 aliphatic rings. The van der Waals surface area contributed by atoms with Crippen LogP contribution in [0.25, 0.3) is 0 Å². The van der Waals surface area contributed by atoms with E-state index in [0.717, 1.165) is 18.4 Å². The molecule has 0 aromatic carbocycles. The number of rotatable bonds is 4. The molecule has 0 unspecified atom stereocenters. The molecule has 0 atom stereocenters. The summed E-state index contributed by atoms with van der Waals surface area (Å²) in [5, 5.41) is 3.63. The van der Waals surface area contributed by atoms with E-state index in [1.165, 1.54) is 25.7 Å². The van der Waals surface area contributed by atoms with Crippen LogP contribution in [0.2, 0.25) is 0 Å². The van der Waals surface area contributed by atoms with Gasteiger partial charge in [0.15, 0.2) is 0 Å². The Kier molecular flexibility index (Phi) is 5.91. The fourth-order valence-corrected chi connectivity index (χ4v) is 2.58. The van der Waals surface area contributed by atoms with E-state index in [-0.39, 0.29) is 5.54 Å². The summed E-state index contributed by atoms with van der Waals surface area (Å²) >= 11 is 0. The maximum Gasteiger partial charge on any atom is 0.0172 e. The molecule has 1 nitrogen and oxygen atoms in total. The van der Waals surface area contributed by atoms with E-state index in [1.54, 1.807) is 5.57 Å². The van der Waals surface area contributed by atoms with Crippen LogP contribution >= 0.6 is 0 Å². The zero-order valence-electron chi connectivity index (χ0n) is 13.3. The third kappa shape index (κ3) is 6.04. The van der Waals surface area contributed by atoms with Crippen molar-refractivity contribution >= 4 is 0 Å². The van der Waals surface area contributed by atoms with Gasteiger partial charge in [0.25, 0.3) is 0 Å². The van der Waals surface area contributed by atoms with Crippen LogP contribution in [-0.2, 0) is 0 Å². The van der Waals surface area contributed by atoms with Crippen molar-refractivity contribution in [2.24, 2.45) is 17.8 Å². The Morgan fingerprint density at radius 3 is 2.17 bits per heavy atom. The first-order valence-corrected chi connectivity index (χ1v) is 7.73. The van der Waals surface area contributed by atoms with Crippen molar-refractivity contribution < 1.29 is 0 Å². The SMILES string of the molecule is CC1CCC(C=C(CNC(C)(C)C)C(C)C)CC1. The molecule has 0 radical (unpaired) electrons. The van der Waals surface area contributed by atoms with Gasteiger partial charge in [-0.1, -0.05) is 45.3 Å². The summed E-state index contributed by atoms with van der Waals surface area (Å²) in [6.07, 6.45) is 8.20. The molecule has 1 saturated carbocycles. The summed E-state index contributed by atoms with van der Waals surface area (Å²) in [5.41, 5.74) is 1.82. The lowest BCUT2D eigenvalue weighted by atomic mass is 9.81. The van der Waals surface area contributed by atoms with Crippen molar-refractivity contribution in [1.82, 2.24) is 5.32 Å². The van der Waals surface area contributed by atoms with E-state index in [9.17, 15) is 0 Å². The Hall–Kier alpha value is -0.300. The van der Waals surface area contributed by atoms with Crippen molar-refractivity contribution in [2.45, 2.75) is 72.8 Å². The third-order valence-corrected chi connectivity index (χ3v) is 4.07. The van der Waals surface area contributed by atoms with Crippen LogP contribution in [0.1, 0.15) is 67.2 Å². The van der Waals surface area contributed by atoms with E-state index in [2.05, 4.69) is 52.9 Å². The summed E-state index contributed by atoms with van der Waals surface area (Å²) in [7, 11) is 0. The molecule has 106 valence electrons. The second kappa shape index (κ2) is 6.75. The zero-order valence-corrected chi connectivity index (χ0v) is 13.3. The molecule has 18 heavy (non-hydrogen) atoms. The minimum absolute atomic E-state index is 0.217. The summed E-state index contributed by atoms with van der Waals surface area (Å²) in [6.45, 7) is 14.8. The largest absolute Gasteiger partial charge is 0.308 e. The Morgan fingerprint density at radius 1 is 1.17 bits per heavy atom. The Morgan fingerprint density at radius 2 is 1.72 bits per heavy atom. The van der Waals surface area contributed by atoms with Crippen molar-refractivity contribution in [3.8, 4) is 0 Å². The molecule has 0 aromatic heterocycles. The van der Waals surface area contributed by atoms with Gasteiger partial charge in [0.2, 0.25) is 0 Å². The van der Waals surface area contributed by atoms with Gasteiger partial charge < -0.3 is 5.32 Å². The fourth-order valence-electron chi connectivity index (χ4n) is 2.58. The van der Waals surface area contributed by atoms with E-state index >= 15 is 0 Å². The van der Waals surface area contributed by atoms with Crippen LogP contribution in [0.15, 0.2) is 11.6 Å². The maximum atomic E-state index is 3.63. The highest BCUT2D eigenvalue weighted by atomic mass is 14.9. The first kappa shape index (κ1) is 15.8. The number of hydrogen-bond donors (Lipinski definition) is 1. The van der Waals surface area contributed by atoms with Gasteiger partial charge >= 0.3 is 0 Å². The first-order chi connectivity index (χ1) is 8.28. The molecule has 1 heteroatoms. The quantitative estimate of drug-likeness (QED) is 0.709. The van der Waals surface area contributed by atoms with E-state index < -0.39 is 0 Å². The maximum absolute atomic E-state index is 3.63. The highest BCUT2D eigenvalue weighted by Gasteiger charge is 2.18. The molecule has 0 bridgehead atoms. The standard InChI is InChI=1S/C17H33N/c1-13(2)16(12-18-17(4,5)6)11-15-9-7-14(3)8-10-15/h11,13-15,18H,7-10,12H2,1-6H3. The van der Waals surface area contributed by atoms with E-state index in [1.807, 2.05) is 0 Å². The molecule has 0 amide bonds. The summed E-state index contributed by atoms with van der Waals surface area (Å²) < 4.78 is 0. The summed E-state index contributed by atoms with van der Waals surface area (Å²) in [4.78, 5) is 0. The Labute approximate surface area is 114 Å². The van der Waals surface area contributed by atoms with Gasteiger partial charge in [-0.3, -0.25) is 0 Å². The van der Waals surface area contributed by atoms with Gasteiger partial charge in [0, 0.05) is 12.1 Å². The lowest BCUT2D eigenvalue weighted by Gasteiger charge is -2.27. The monoisotopic (exact) mass is 251 g/mol. The molecule has 0 spiro atoms. The number of allylic oxidation sites excluding steroid dienone is 1. The normalized spacial score (nSPS) is 26.7. The average Bonchev–Trinajstić information content (AvgIpc) is 2.25. The smallest absolute Gasteiger partial charge is 0.0172 e. The van der Waals surface area contributed by atoms with E-state index in [0.29, 0.717) is 5.92 Å². The van der Waals surface area contributed by atoms with Crippen molar-refractivity contribution in [2.75, 3.05) is 6.54 Å². The first-order valence-electron chi connectivity index (χ1n) is 7.73. The molecular formula is C17H33N. The third-order valence-electron chi connectivity index (χ3n) is 4.07. The zero-order chi connectivity index (χ0) is 13.8. The summed E-state index contributed by atoms with van der Waals surface area (Å²) in [5.74, 6) is 2.45. The van der Waals surface area contributed by atoms with Crippen LogP contribution in [0, 0.1) is 17.8 Å². The molecule has 0 saturated heterocycles. The van der Waals surface area contributed by atoms with Crippen LogP contribution in [0.4, 0.5) is 0 Å². The predicted octanol–water partition coefficient (Wildman–Crippen LogP) is 4.78. The van der Waals surface area contributed by atoms with E-state index in [4.69, 9.17) is 0 Å². The van der Waals surface area contributed by atoms with Gasteiger partial charge in [-0.15, -0.1) is 0 Å². The van der Waals surface area contributed by atoms with Gasteiger partial charge in [-0.05, 0) is 51.4 Å². The molecular weight excluding hydrogens is 218 g/mol. The van der Waals surface area contributed by atoms with Crippen LogP contribution in [-0.4, -0.2) is 12.1 Å². The topological polar surface area (TPSA) is 12.0 Å². The van der Waals surface area contributed by atoms with Crippen molar-refractivity contribution in [3.63, 3.8) is 0 Å². The minimum Gasteiger partial charge on any atom is -0.308 e. The highest BCUT2D eigenvalue weighted by Crippen LogP contribution is 2.30. The van der Waals surface area contributed by atoms with Crippen LogP contribution < -0.4 is 5.32 Å². The molecule has 1 aliphatic carbocycles. The number of hydrogen-bond acceptors (Lipinski definition) is 1. The molecule has 0 aliphatic heterocycles. The lowest BCUT2D eigenvalue weighted by Crippen LogP contribution is -2.37. The average molecular weight is 251 g/mol. The van der Waals surface area contributed by atoms with Crippen molar-refractivity contribution in [1.29, 1.82) is 0 Å². The minimum atomic E-state index is 0.217. The predicted molar refractivity (Wildman–Crippen MR) is 81.8 cm³/mol. The Bertz CT molecular complexity index is 262. The highest BCUT2D eigenvalue weighted by molar-refractivity contribution is 5.10. The van der Waals surface area contributed by atoms with Gasteiger partial charge in [-0.2, -0.15) is 0 Å².